The van der Waals surface area contributed by atoms with Crippen molar-refractivity contribution >= 4 is 35.6 Å². The summed E-state index contributed by atoms with van der Waals surface area (Å²) in [5, 5.41) is 13.5. The molecule has 2 aromatic rings. The molecule has 0 atom stereocenters. The summed E-state index contributed by atoms with van der Waals surface area (Å²) in [6.07, 6.45) is 2.18. The third kappa shape index (κ3) is 4.35. The van der Waals surface area contributed by atoms with E-state index in [1.165, 1.54) is 0 Å². The molecule has 1 aromatic heterocycles. The number of aromatic nitrogens is 3. The number of piperidine rings is 1. The molecule has 0 saturated carbocycles. The maximum absolute atomic E-state index is 6.40. The molecule has 148 valence electrons. The van der Waals surface area contributed by atoms with Crippen LogP contribution >= 0.6 is 35.6 Å². The maximum atomic E-state index is 6.40. The van der Waals surface area contributed by atoms with Gasteiger partial charge in [-0.1, -0.05) is 23.2 Å². The number of benzene rings is 1. The van der Waals surface area contributed by atoms with Crippen LogP contribution in [0.2, 0.25) is 10.0 Å². The van der Waals surface area contributed by atoms with Gasteiger partial charge in [0.2, 0.25) is 0 Å². The van der Waals surface area contributed by atoms with Gasteiger partial charge < -0.3 is 14.6 Å². The molecule has 4 rings (SSSR count). The van der Waals surface area contributed by atoms with Crippen LogP contribution in [0.5, 0.6) is 5.75 Å². The minimum atomic E-state index is 0. The normalized spacial score (nSPS) is 18.0. The molecule has 27 heavy (non-hydrogen) atoms. The molecule has 6 nitrogen and oxygen atoms in total. The summed E-state index contributed by atoms with van der Waals surface area (Å²) in [5.41, 5.74) is 1.04. The summed E-state index contributed by atoms with van der Waals surface area (Å²) in [6.45, 7) is 5.63. The van der Waals surface area contributed by atoms with Crippen molar-refractivity contribution in [3.63, 3.8) is 0 Å². The molecule has 0 amide bonds. The van der Waals surface area contributed by atoms with Gasteiger partial charge in [0.05, 0.1) is 18.7 Å². The van der Waals surface area contributed by atoms with Gasteiger partial charge >= 0.3 is 0 Å². The first-order valence-electron chi connectivity index (χ1n) is 9.02. The van der Waals surface area contributed by atoms with Gasteiger partial charge in [0, 0.05) is 36.6 Å². The van der Waals surface area contributed by atoms with E-state index in [9.17, 15) is 0 Å². The van der Waals surface area contributed by atoms with Crippen molar-refractivity contribution < 1.29 is 4.74 Å². The van der Waals surface area contributed by atoms with E-state index in [2.05, 4.69) is 25.0 Å². The van der Waals surface area contributed by atoms with Crippen LogP contribution in [0.3, 0.4) is 0 Å². The van der Waals surface area contributed by atoms with Crippen LogP contribution in [0, 0.1) is 0 Å². The number of hydrogen-bond acceptors (Lipinski definition) is 5. The van der Waals surface area contributed by atoms with Gasteiger partial charge in [-0.2, -0.15) is 0 Å². The number of halogens is 3. The minimum Gasteiger partial charge on any atom is -0.495 e. The highest BCUT2D eigenvalue weighted by Crippen LogP contribution is 2.33. The van der Waals surface area contributed by atoms with E-state index in [1.807, 2.05) is 6.07 Å². The molecular formula is C18H24Cl3N5O. The molecule has 2 aliphatic rings. The van der Waals surface area contributed by atoms with Crippen molar-refractivity contribution in [2.24, 2.45) is 0 Å². The summed E-state index contributed by atoms with van der Waals surface area (Å²) in [7, 11) is 1.60. The molecular weight excluding hydrogens is 409 g/mol. The molecule has 9 heteroatoms. The SMILES string of the molecule is COc1cc(Cl)c(CN2CCC(c3nnc4n3CCNC4)CC2)cc1Cl.Cl. The van der Waals surface area contributed by atoms with E-state index in [0.29, 0.717) is 21.7 Å². The number of rotatable bonds is 4. The first-order valence-corrected chi connectivity index (χ1v) is 9.78. The van der Waals surface area contributed by atoms with Crippen molar-refractivity contribution in [2.45, 2.75) is 38.4 Å². The Balaban J connectivity index is 0.00000210. The second-order valence-corrected chi connectivity index (χ2v) is 7.75. The zero-order chi connectivity index (χ0) is 18.1. The van der Waals surface area contributed by atoms with Crippen molar-refractivity contribution in [1.29, 1.82) is 0 Å². The average molecular weight is 433 g/mol. The van der Waals surface area contributed by atoms with Gasteiger partial charge in [-0.3, -0.25) is 4.90 Å². The standard InChI is InChI=1S/C18H23Cl2N5O.ClH/c1-26-16-9-14(19)13(8-15(16)20)11-24-5-2-12(3-6-24)18-23-22-17-10-21-4-7-25(17)18;/h8-9,12,21H,2-7,10-11H2,1H3;1H. The van der Waals surface area contributed by atoms with Gasteiger partial charge in [0.1, 0.15) is 17.4 Å². The summed E-state index contributed by atoms with van der Waals surface area (Å²) in [5.74, 6) is 3.32. The van der Waals surface area contributed by atoms with Crippen LogP contribution in [0.15, 0.2) is 12.1 Å². The van der Waals surface area contributed by atoms with Crippen molar-refractivity contribution in [2.75, 3.05) is 26.7 Å². The molecule has 1 aromatic carbocycles. The molecule has 0 spiro atoms. The summed E-state index contributed by atoms with van der Waals surface area (Å²) in [6, 6.07) is 3.71. The fourth-order valence-electron chi connectivity index (χ4n) is 3.85. The summed E-state index contributed by atoms with van der Waals surface area (Å²) >= 11 is 12.6. The number of fused-ring (bicyclic) bond motifs is 1. The predicted molar refractivity (Wildman–Crippen MR) is 109 cm³/mol. The fourth-order valence-corrected chi connectivity index (χ4v) is 4.33. The van der Waals surface area contributed by atoms with Gasteiger partial charge in [0.15, 0.2) is 0 Å². The van der Waals surface area contributed by atoms with E-state index in [1.54, 1.807) is 13.2 Å². The zero-order valence-electron chi connectivity index (χ0n) is 15.3. The van der Waals surface area contributed by atoms with E-state index in [0.717, 1.165) is 69.3 Å². The Hall–Kier alpha value is -1.05. The maximum Gasteiger partial charge on any atom is 0.147 e. The molecule has 3 heterocycles. The first-order chi connectivity index (χ1) is 12.7. The third-order valence-corrected chi connectivity index (χ3v) is 5.97. The fraction of sp³-hybridized carbons (Fsp3) is 0.556. The third-order valence-electron chi connectivity index (χ3n) is 5.32. The van der Waals surface area contributed by atoms with Gasteiger partial charge in [-0.05, 0) is 37.6 Å². The molecule has 1 N–H and O–H groups in total. The molecule has 1 fully saturated rings. The van der Waals surface area contributed by atoms with Gasteiger partial charge in [-0.25, -0.2) is 0 Å². The minimum absolute atomic E-state index is 0. The second-order valence-electron chi connectivity index (χ2n) is 6.93. The van der Waals surface area contributed by atoms with E-state index in [4.69, 9.17) is 27.9 Å². The lowest BCUT2D eigenvalue weighted by Crippen LogP contribution is -2.34. The topological polar surface area (TPSA) is 55.2 Å². The number of nitrogens with one attached hydrogen (secondary N) is 1. The molecule has 1 saturated heterocycles. The Labute approximate surface area is 175 Å². The number of likely N-dealkylation sites (tertiary alicyclic amines) is 1. The number of ether oxygens (including phenoxy) is 1. The lowest BCUT2D eigenvalue weighted by atomic mass is 9.95. The molecule has 0 radical (unpaired) electrons. The Bertz CT molecular complexity index is 790. The van der Waals surface area contributed by atoms with E-state index in [-0.39, 0.29) is 12.4 Å². The number of methoxy groups -OCH3 is 1. The van der Waals surface area contributed by atoms with E-state index >= 15 is 0 Å². The smallest absolute Gasteiger partial charge is 0.147 e. The zero-order valence-corrected chi connectivity index (χ0v) is 17.6. The monoisotopic (exact) mass is 431 g/mol. The van der Waals surface area contributed by atoms with Crippen molar-refractivity contribution in [3.05, 3.63) is 39.4 Å². The summed E-state index contributed by atoms with van der Waals surface area (Å²) < 4.78 is 7.52. The molecule has 2 aliphatic heterocycles. The predicted octanol–water partition coefficient (Wildman–Crippen LogP) is 3.50. The Kier molecular flexibility index (Phi) is 6.87. The van der Waals surface area contributed by atoms with Crippen LogP contribution in [0.1, 0.15) is 36.0 Å². The van der Waals surface area contributed by atoms with Crippen LogP contribution in [0.4, 0.5) is 0 Å². The summed E-state index contributed by atoms with van der Waals surface area (Å²) in [4.78, 5) is 2.43. The lowest BCUT2D eigenvalue weighted by molar-refractivity contribution is 0.199. The Morgan fingerprint density at radius 1 is 1.15 bits per heavy atom. The Morgan fingerprint density at radius 2 is 1.93 bits per heavy atom. The average Bonchev–Trinajstić information content (AvgIpc) is 3.09. The molecule has 0 bridgehead atoms. The van der Waals surface area contributed by atoms with Crippen molar-refractivity contribution in [1.82, 2.24) is 25.0 Å². The van der Waals surface area contributed by atoms with Crippen LogP contribution in [-0.4, -0.2) is 46.4 Å². The van der Waals surface area contributed by atoms with Crippen molar-refractivity contribution in [3.8, 4) is 5.75 Å². The number of nitrogens with zero attached hydrogens (tertiary/aromatic N) is 4. The molecule has 0 aliphatic carbocycles. The highest BCUT2D eigenvalue weighted by atomic mass is 35.5. The van der Waals surface area contributed by atoms with Crippen LogP contribution < -0.4 is 10.1 Å². The van der Waals surface area contributed by atoms with Crippen LogP contribution in [0.25, 0.3) is 0 Å². The number of hydrogen-bond donors (Lipinski definition) is 1. The Morgan fingerprint density at radius 3 is 2.67 bits per heavy atom. The second kappa shape index (κ2) is 8.97. The van der Waals surface area contributed by atoms with E-state index < -0.39 is 0 Å². The van der Waals surface area contributed by atoms with Gasteiger partial charge in [0.25, 0.3) is 0 Å². The van der Waals surface area contributed by atoms with Gasteiger partial charge in [-0.15, -0.1) is 22.6 Å². The lowest BCUT2D eigenvalue weighted by Gasteiger charge is -2.32. The highest BCUT2D eigenvalue weighted by molar-refractivity contribution is 6.34. The quantitative estimate of drug-likeness (QED) is 0.801. The molecule has 0 unspecified atom stereocenters. The largest absolute Gasteiger partial charge is 0.495 e. The first kappa shape index (κ1) is 20.7. The highest BCUT2D eigenvalue weighted by Gasteiger charge is 2.27. The van der Waals surface area contributed by atoms with Crippen LogP contribution in [-0.2, 0) is 19.6 Å².